The first-order valence-corrected chi connectivity index (χ1v) is 24.1. The van der Waals surface area contributed by atoms with Gasteiger partial charge in [-0.05, 0) is 89.9 Å². The molecule has 0 aromatic carbocycles. The summed E-state index contributed by atoms with van der Waals surface area (Å²) in [4.78, 5) is 35.3. The summed E-state index contributed by atoms with van der Waals surface area (Å²) in [5, 5.41) is 0. The molecule has 0 bridgehead atoms. The summed E-state index contributed by atoms with van der Waals surface area (Å²) >= 11 is 0. The van der Waals surface area contributed by atoms with Crippen LogP contribution >= 0.6 is 7.82 Å². The maximum Gasteiger partial charge on any atom is 0.472 e. The topological polar surface area (TPSA) is 108 Å². The molecule has 0 saturated heterocycles. The predicted octanol–water partition coefficient (Wildman–Crippen LogP) is 13.2. The molecule has 0 aliphatic carbocycles. The molecule has 0 aliphatic rings. The lowest BCUT2D eigenvalue weighted by atomic mass is 10.2. The summed E-state index contributed by atoms with van der Waals surface area (Å²) < 4.78 is 34.1. The van der Waals surface area contributed by atoms with Crippen LogP contribution in [0.25, 0.3) is 0 Å². The van der Waals surface area contributed by atoms with Gasteiger partial charge in [0.2, 0.25) is 0 Å². The van der Waals surface area contributed by atoms with E-state index >= 15 is 0 Å². The van der Waals surface area contributed by atoms with Crippen LogP contribution in [0.5, 0.6) is 0 Å². The van der Waals surface area contributed by atoms with Gasteiger partial charge >= 0.3 is 19.8 Å². The normalized spacial score (nSPS) is 14.9. The van der Waals surface area contributed by atoms with E-state index in [2.05, 4.69) is 135 Å². The van der Waals surface area contributed by atoms with E-state index in [9.17, 15) is 19.0 Å². The quantitative estimate of drug-likeness (QED) is 0.0283. The van der Waals surface area contributed by atoms with Crippen molar-refractivity contribution in [2.45, 2.75) is 123 Å². The van der Waals surface area contributed by atoms with Gasteiger partial charge in [-0.1, -0.05) is 160 Å². The first-order chi connectivity index (χ1) is 30.0. The molecule has 2 unspecified atom stereocenters. The Kier molecular flexibility index (Phi) is 39.4. The summed E-state index contributed by atoms with van der Waals surface area (Å²) in [5.41, 5.74) is 0. The van der Waals surface area contributed by atoms with Crippen LogP contribution in [0.2, 0.25) is 0 Å². The number of ether oxygens (including phenoxy) is 2. The average molecular weight is 879 g/mol. The molecule has 0 spiro atoms. The van der Waals surface area contributed by atoms with Gasteiger partial charge in [-0.2, -0.15) is 0 Å². The molecule has 0 saturated carbocycles. The van der Waals surface area contributed by atoms with E-state index < -0.39 is 32.5 Å². The van der Waals surface area contributed by atoms with Crippen LogP contribution in [-0.2, 0) is 32.7 Å². The molecule has 0 radical (unpaired) electrons. The average Bonchev–Trinajstić information content (AvgIpc) is 3.23. The Balaban J connectivity index is 4.63. The Labute approximate surface area is 376 Å². The molecule has 0 heterocycles. The van der Waals surface area contributed by atoms with Crippen molar-refractivity contribution in [2.75, 3.05) is 47.5 Å². The van der Waals surface area contributed by atoms with E-state index in [0.29, 0.717) is 23.9 Å². The highest BCUT2D eigenvalue weighted by molar-refractivity contribution is 7.47. The summed E-state index contributed by atoms with van der Waals surface area (Å²) in [6, 6.07) is 0. The molecule has 62 heavy (non-hydrogen) atoms. The third-order valence-corrected chi connectivity index (χ3v) is 9.38. The number of phosphoric ester groups is 1. The second-order valence-corrected chi connectivity index (χ2v) is 16.8. The highest BCUT2D eigenvalue weighted by atomic mass is 31.2. The Morgan fingerprint density at radius 3 is 1.15 bits per heavy atom. The van der Waals surface area contributed by atoms with E-state index in [-0.39, 0.29) is 26.1 Å². The lowest BCUT2D eigenvalue weighted by Crippen LogP contribution is -2.37. The predicted molar refractivity (Wildman–Crippen MR) is 260 cm³/mol. The van der Waals surface area contributed by atoms with Crippen molar-refractivity contribution in [1.29, 1.82) is 0 Å². The van der Waals surface area contributed by atoms with Gasteiger partial charge in [-0.15, -0.1) is 0 Å². The minimum absolute atomic E-state index is 0.00271. The Hall–Kier alpha value is -4.11. The SMILES string of the molecule is CC/C=C/C/C=C/C/C=C/C/C=C/C/C=C/C/C=C/CCC(=O)OCC(COP(=O)(O)OCC[N+](C)(C)C)OC(=O)CC/C=C/C/C=C/C/C=C/C/C=C/C/C=C/C/C=C/CC. The van der Waals surface area contributed by atoms with Crippen molar-refractivity contribution in [1.82, 2.24) is 0 Å². The van der Waals surface area contributed by atoms with E-state index in [1.807, 2.05) is 45.4 Å². The number of carbonyl (C=O) groups is 2. The number of quaternary nitrogens is 1. The minimum Gasteiger partial charge on any atom is -0.462 e. The lowest BCUT2D eigenvalue weighted by molar-refractivity contribution is -0.870. The monoisotopic (exact) mass is 879 g/mol. The molecule has 0 rings (SSSR count). The molecule has 1 N–H and O–H groups in total. The molecule has 0 aliphatic heterocycles. The second-order valence-electron chi connectivity index (χ2n) is 15.3. The number of likely N-dealkylation sites (N-methyl/N-ethyl adjacent to an activating group) is 1. The molecule has 2 atom stereocenters. The smallest absolute Gasteiger partial charge is 0.462 e. The zero-order valence-corrected chi connectivity index (χ0v) is 39.7. The van der Waals surface area contributed by atoms with Crippen LogP contribution in [0, 0.1) is 0 Å². The number of allylic oxidation sites excluding steroid dienone is 24. The number of nitrogens with zero attached hydrogens (tertiary/aromatic N) is 1. The van der Waals surface area contributed by atoms with Gasteiger partial charge in [0, 0.05) is 12.8 Å². The van der Waals surface area contributed by atoms with Crippen LogP contribution in [0.4, 0.5) is 0 Å². The van der Waals surface area contributed by atoms with Gasteiger partial charge in [0.05, 0.1) is 27.7 Å². The van der Waals surface area contributed by atoms with Gasteiger partial charge in [0.15, 0.2) is 6.10 Å². The van der Waals surface area contributed by atoms with Crippen molar-refractivity contribution >= 4 is 19.8 Å². The van der Waals surface area contributed by atoms with Crippen LogP contribution in [0.3, 0.4) is 0 Å². The van der Waals surface area contributed by atoms with Crippen molar-refractivity contribution in [2.24, 2.45) is 0 Å². The number of carbonyl (C=O) groups excluding carboxylic acids is 2. The molecule has 346 valence electrons. The van der Waals surface area contributed by atoms with Crippen LogP contribution in [-0.4, -0.2) is 74.9 Å². The van der Waals surface area contributed by atoms with E-state index in [1.165, 1.54) is 0 Å². The first-order valence-electron chi connectivity index (χ1n) is 22.6. The highest BCUT2D eigenvalue weighted by Gasteiger charge is 2.27. The first kappa shape index (κ1) is 57.9. The fourth-order valence-electron chi connectivity index (χ4n) is 4.95. The lowest BCUT2D eigenvalue weighted by Gasteiger charge is -2.24. The fraction of sp³-hybridized carbons (Fsp3) is 0.500. The van der Waals surface area contributed by atoms with Crippen LogP contribution in [0.1, 0.15) is 117 Å². The maximum atomic E-state index is 12.7. The number of esters is 2. The standard InChI is InChI=1S/C52H80NO8P/c1-6-8-10-12-14-16-18-20-22-24-26-28-30-32-34-36-38-40-42-44-51(54)58-48-50(49-60-62(56,57)59-47-46-53(3,4)5)61-52(55)45-43-41-39-37-35-33-31-29-27-25-23-21-19-17-15-13-11-9-7-2/h8-11,14-17,20-23,26-29,32-35,38-41,50H,6-7,12-13,18-19,24-25,30-31,36-37,42-49H2,1-5H3/p+1/b10-8+,11-9+,16-14+,17-15+,22-20+,23-21+,28-26+,29-27+,34-32+,35-33+,40-38+,41-39+. The van der Waals surface area contributed by atoms with E-state index in [1.54, 1.807) is 0 Å². The zero-order chi connectivity index (χ0) is 45.7. The van der Waals surface area contributed by atoms with Crippen LogP contribution < -0.4 is 0 Å². The van der Waals surface area contributed by atoms with Gasteiger partial charge in [0.25, 0.3) is 0 Å². The third-order valence-electron chi connectivity index (χ3n) is 8.39. The Morgan fingerprint density at radius 1 is 0.484 bits per heavy atom. The Bertz CT molecular complexity index is 1550. The molecule has 10 heteroatoms. The zero-order valence-electron chi connectivity index (χ0n) is 38.8. The van der Waals surface area contributed by atoms with Crippen molar-refractivity contribution < 1.29 is 42.1 Å². The second kappa shape index (κ2) is 42.2. The van der Waals surface area contributed by atoms with E-state index in [4.69, 9.17) is 18.5 Å². The summed E-state index contributed by atoms with van der Waals surface area (Å²) in [6.07, 6.45) is 62.2. The molecule has 0 aromatic rings. The number of rotatable bonds is 38. The third kappa shape index (κ3) is 45.4. The summed E-state index contributed by atoms with van der Waals surface area (Å²) in [5.74, 6) is -1.01. The molecule has 0 aromatic heterocycles. The highest BCUT2D eigenvalue weighted by Crippen LogP contribution is 2.43. The van der Waals surface area contributed by atoms with Crippen LogP contribution in [0.15, 0.2) is 146 Å². The van der Waals surface area contributed by atoms with Crippen molar-refractivity contribution in [3.8, 4) is 0 Å². The Morgan fingerprint density at radius 2 is 0.806 bits per heavy atom. The fourth-order valence-corrected chi connectivity index (χ4v) is 5.69. The maximum absolute atomic E-state index is 12.7. The van der Waals surface area contributed by atoms with Gasteiger partial charge < -0.3 is 18.9 Å². The number of hydrogen-bond donors (Lipinski definition) is 1. The molecule has 9 nitrogen and oxygen atoms in total. The van der Waals surface area contributed by atoms with Gasteiger partial charge in [-0.25, -0.2) is 4.57 Å². The van der Waals surface area contributed by atoms with Crippen molar-refractivity contribution in [3.05, 3.63) is 146 Å². The molecular weight excluding hydrogens is 798 g/mol. The molecule has 0 amide bonds. The van der Waals surface area contributed by atoms with Gasteiger partial charge in [-0.3, -0.25) is 18.6 Å². The van der Waals surface area contributed by atoms with Gasteiger partial charge in [0.1, 0.15) is 19.8 Å². The number of phosphoric acid groups is 1. The largest absolute Gasteiger partial charge is 0.472 e. The summed E-state index contributed by atoms with van der Waals surface area (Å²) in [7, 11) is 1.36. The molecular formula is C52H81NO8P+. The molecule has 0 fully saturated rings. The van der Waals surface area contributed by atoms with Crippen molar-refractivity contribution in [3.63, 3.8) is 0 Å². The minimum atomic E-state index is -4.43. The summed E-state index contributed by atoms with van der Waals surface area (Å²) in [6.45, 7) is 3.97. The number of hydrogen-bond acceptors (Lipinski definition) is 7. The van der Waals surface area contributed by atoms with E-state index in [0.717, 1.165) is 77.0 Å².